The summed E-state index contributed by atoms with van der Waals surface area (Å²) in [6, 6.07) is 3.30. The lowest BCUT2D eigenvalue weighted by molar-refractivity contribution is 0.0736. The number of sulfone groups is 1. The highest BCUT2D eigenvalue weighted by atomic mass is 35.5. The third-order valence-corrected chi connectivity index (χ3v) is 8.20. The van der Waals surface area contributed by atoms with Gasteiger partial charge in [-0.2, -0.15) is 0 Å². The molecule has 0 bridgehead atoms. The lowest BCUT2D eigenvalue weighted by atomic mass is 9.96. The first-order chi connectivity index (χ1) is 11.6. The third kappa shape index (κ3) is 2.98. The highest BCUT2D eigenvalue weighted by Gasteiger charge is 2.46. The van der Waals surface area contributed by atoms with E-state index in [1.165, 1.54) is 0 Å². The largest absolute Gasteiger partial charge is 0.439 e. The summed E-state index contributed by atoms with van der Waals surface area (Å²) in [7, 11) is -3.71. The summed E-state index contributed by atoms with van der Waals surface area (Å²) >= 11 is 6.35. The topological polar surface area (TPSA) is 69.4 Å². The first-order valence-electron chi connectivity index (χ1n) is 8.54. The van der Waals surface area contributed by atoms with E-state index in [0.717, 1.165) is 0 Å². The van der Waals surface area contributed by atoms with Crippen molar-refractivity contribution in [3.63, 3.8) is 0 Å². The molecule has 1 fully saturated rings. The van der Waals surface area contributed by atoms with Crippen LogP contribution in [0.5, 0.6) is 0 Å². The Hall–Kier alpha value is -1.11. The summed E-state index contributed by atoms with van der Waals surface area (Å²) in [5.41, 5.74) is 0.455. The highest BCUT2D eigenvalue weighted by Crippen LogP contribution is 2.43. The van der Waals surface area contributed by atoms with Crippen LogP contribution >= 0.6 is 11.6 Å². The fraction of sp³-hybridized carbons (Fsp3) is 0.611. The molecule has 1 aliphatic rings. The van der Waals surface area contributed by atoms with E-state index in [4.69, 9.17) is 20.8 Å². The molecule has 1 aromatic carbocycles. The van der Waals surface area contributed by atoms with E-state index >= 15 is 0 Å². The van der Waals surface area contributed by atoms with E-state index in [-0.39, 0.29) is 20.9 Å². The molecule has 0 unspecified atom stereocenters. The van der Waals surface area contributed by atoms with Crippen molar-refractivity contribution in [2.75, 3.05) is 13.2 Å². The van der Waals surface area contributed by atoms with Gasteiger partial charge in [0.25, 0.3) is 0 Å². The highest BCUT2D eigenvalue weighted by molar-refractivity contribution is 7.93. The number of hydrogen-bond acceptors (Lipinski definition) is 5. The molecule has 0 aliphatic carbocycles. The van der Waals surface area contributed by atoms with Crippen LogP contribution in [0.25, 0.3) is 11.1 Å². The van der Waals surface area contributed by atoms with E-state index in [0.29, 0.717) is 43.9 Å². The van der Waals surface area contributed by atoms with Gasteiger partial charge in [0.2, 0.25) is 5.89 Å². The molecule has 1 aromatic heterocycles. The van der Waals surface area contributed by atoms with Crippen molar-refractivity contribution < 1.29 is 17.6 Å². The predicted molar refractivity (Wildman–Crippen MR) is 98.0 cm³/mol. The van der Waals surface area contributed by atoms with Gasteiger partial charge in [0.15, 0.2) is 15.4 Å². The number of rotatable bonds is 3. The molecular formula is C18H24ClNO4S. The van der Waals surface area contributed by atoms with Crippen molar-refractivity contribution in [3.8, 4) is 0 Å². The molecule has 1 saturated heterocycles. The second-order valence-corrected chi connectivity index (χ2v) is 10.3. The number of aromatic nitrogens is 1. The maximum absolute atomic E-state index is 13.6. The zero-order valence-corrected chi connectivity index (χ0v) is 16.6. The Bertz CT molecular complexity index is 890. The maximum atomic E-state index is 13.6. The molecular weight excluding hydrogens is 362 g/mol. The van der Waals surface area contributed by atoms with Crippen LogP contribution in [0.15, 0.2) is 21.4 Å². The van der Waals surface area contributed by atoms with Gasteiger partial charge in [0.1, 0.15) is 10.4 Å². The summed E-state index contributed by atoms with van der Waals surface area (Å²) in [6.07, 6.45) is 1.42. The van der Waals surface area contributed by atoms with E-state index in [1.807, 2.05) is 27.7 Å². The summed E-state index contributed by atoms with van der Waals surface area (Å²) in [6.45, 7) is 8.69. The lowest BCUT2D eigenvalue weighted by Crippen LogP contribution is -2.43. The first-order valence-corrected chi connectivity index (χ1v) is 10.4. The molecule has 1 aliphatic heterocycles. The molecule has 3 rings (SSSR count). The number of benzene rings is 1. The van der Waals surface area contributed by atoms with Crippen LogP contribution in [0.3, 0.4) is 0 Å². The molecule has 2 heterocycles. The standard InChI is InChI=1S/C18H24ClNO4S/c1-5-18(8-10-23-11-9-18)25(21,22)15-12(19)6-7-13-14(15)24-16(20-13)17(2,3)4/h6-7H,5,8-11H2,1-4H3. The maximum Gasteiger partial charge on any atom is 0.200 e. The minimum Gasteiger partial charge on any atom is -0.439 e. The number of halogens is 1. The van der Waals surface area contributed by atoms with Crippen molar-refractivity contribution >= 4 is 32.5 Å². The summed E-state index contributed by atoms with van der Waals surface area (Å²) in [5.74, 6) is 0.499. The van der Waals surface area contributed by atoms with Crippen LogP contribution in [-0.2, 0) is 20.0 Å². The van der Waals surface area contributed by atoms with Gasteiger partial charge in [-0.3, -0.25) is 0 Å². The van der Waals surface area contributed by atoms with Gasteiger partial charge in [0, 0.05) is 18.6 Å². The summed E-state index contributed by atoms with van der Waals surface area (Å²) in [5, 5.41) is 0.184. The van der Waals surface area contributed by atoms with Crippen molar-refractivity contribution in [3.05, 3.63) is 23.0 Å². The first kappa shape index (κ1) is 18.7. The fourth-order valence-corrected chi connectivity index (χ4v) is 5.97. The average molecular weight is 386 g/mol. The van der Waals surface area contributed by atoms with Gasteiger partial charge in [0.05, 0.1) is 9.77 Å². The Morgan fingerprint density at radius 3 is 2.44 bits per heavy atom. The van der Waals surface area contributed by atoms with Gasteiger partial charge < -0.3 is 9.15 Å². The van der Waals surface area contributed by atoms with Crippen molar-refractivity contribution in [1.82, 2.24) is 4.98 Å². The van der Waals surface area contributed by atoms with Crippen LogP contribution in [0.2, 0.25) is 5.02 Å². The molecule has 0 saturated carbocycles. The zero-order chi connectivity index (χ0) is 18.5. The predicted octanol–water partition coefficient (Wildman–Crippen LogP) is 4.51. The number of nitrogens with zero attached hydrogens (tertiary/aromatic N) is 1. The van der Waals surface area contributed by atoms with Crippen molar-refractivity contribution in [2.24, 2.45) is 0 Å². The van der Waals surface area contributed by atoms with Crippen LogP contribution in [-0.4, -0.2) is 31.4 Å². The Morgan fingerprint density at radius 1 is 1.24 bits per heavy atom. The van der Waals surface area contributed by atoms with Crippen molar-refractivity contribution in [2.45, 2.75) is 62.0 Å². The molecule has 0 spiro atoms. The Kier molecular flexibility index (Phi) is 4.67. The third-order valence-electron chi connectivity index (χ3n) is 4.99. The molecule has 0 amide bonds. The normalized spacial score (nSPS) is 18.6. The van der Waals surface area contributed by atoms with Gasteiger partial charge >= 0.3 is 0 Å². The number of oxazole rings is 1. The minimum atomic E-state index is -3.71. The second kappa shape index (κ2) is 6.25. The Morgan fingerprint density at radius 2 is 1.88 bits per heavy atom. The molecule has 7 heteroatoms. The second-order valence-electron chi connectivity index (χ2n) is 7.65. The van der Waals surface area contributed by atoms with Crippen LogP contribution in [0.4, 0.5) is 0 Å². The molecule has 5 nitrogen and oxygen atoms in total. The van der Waals surface area contributed by atoms with Crippen LogP contribution < -0.4 is 0 Å². The number of fused-ring (bicyclic) bond motifs is 1. The molecule has 0 atom stereocenters. The van der Waals surface area contributed by atoms with Gasteiger partial charge in [-0.25, -0.2) is 13.4 Å². The van der Waals surface area contributed by atoms with Crippen LogP contribution in [0, 0.1) is 0 Å². The summed E-state index contributed by atoms with van der Waals surface area (Å²) in [4.78, 5) is 4.55. The number of ether oxygens (including phenoxy) is 1. The van der Waals surface area contributed by atoms with Gasteiger partial charge in [-0.05, 0) is 31.4 Å². The zero-order valence-electron chi connectivity index (χ0n) is 15.1. The minimum absolute atomic E-state index is 0.0680. The van der Waals surface area contributed by atoms with Crippen LogP contribution in [0.1, 0.15) is 52.8 Å². The average Bonchev–Trinajstić information content (AvgIpc) is 2.99. The fourth-order valence-electron chi connectivity index (χ4n) is 3.29. The van der Waals surface area contributed by atoms with Gasteiger partial charge in [-0.1, -0.05) is 39.3 Å². The SMILES string of the molecule is CCC1(S(=O)(=O)c2c(Cl)ccc3nc(C(C)(C)C)oc23)CCOCC1. The number of hydrogen-bond donors (Lipinski definition) is 0. The Balaban J connectivity index is 2.26. The molecule has 2 aromatic rings. The molecule has 0 N–H and O–H groups in total. The quantitative estimate of drug-likeness (QED) is 0.777. The van der Waals surface area contributed by atoms with E-state index in [9.17, 15) is 8.42 Å². The molecule has 138 valence electrons. The van der Waals surface area contributed by atoms with E-state index in [1.54, 1.807) is 12.1 Å². The van der Waals surface area contributed by atoms with Crippen molar-refractivity contribution in [1.29, 1.82) is 0 Å². The molecule has 0 radical (unpaired) electrons. The van der Waals surface area contributed by atoms with Gasteiger partial charge in [-0.15, -0.1) is 0 Å². The monoisotopic (exact) mass is 385 g/mol. The smallest absolute Gasteiger partial charge is 0.200 e. The Labute approximate surface area is 153 Å². The summed E-state index contributed by atoms with van der Waals surface area (Å²) < 4.78 is 37.6. The van der Waals surface area contributed by atoms with E-state index < -0.39 is 14.6 Å². The molecule has 25 heavy (non-hydrogen) atoms. The lowest BCUT2D eigenvalue weighted by Gasteiger charge is -2.35. The van der Waals surface area contributed by atoms with E-state index in [2.05, 4.69) is 4.98 Å².